The van der Waals surface area contributed by atoms with Crippen molar-refractivity contribution >= 4 is 28.1 Å². The highest BCUT2D eigenvalue weighted by Gasteiger charge is 2.80. The zero-order valence-electron chi connectivity index (χ0n) is 12.6. The summed E-state index contributed by atoms with van der Waals surface area (Å²) in [6.45, 7) is 4.65. The monoisotopic (exact) mass is 391 g/mol. The van der Waals surface area contributed by atoms with Crippen LogP contribution in [0, 0.1) is 5.92 Å². The summed E-state index contributed by atoms with van der Waals surface area (Å²) in [5.74, 6) is -2.63. The Balaban J connectivity index is 1.89. The van der Waals surface area contributed by atoms with Crippen LogP contribution in [0.4, 0.5) is 8.78 Å². The first-order valence-electron chi connectivity index (χ1n) is 6.75. The summed E-state index contributed by atoms with van der Waals surface area (Å²) >= 11 is -0.856. The third-order valence-corrected chi connectivity index (χ3v) is 7.35. The van der Waals surface area contributed by atoms with Gasteiger partial charge < -0.3 is 14.7 Å². The largest absolute Gasteiger partial charge is 0.691 e. The predicted octanol–water partition coefficient (Wildman–Crippen LogP) is -0.343. The van der Waals surface area contributed by atoms with Crippen LogP contribution in [0.1, 0.15) is 20.8 Å². The van der Waals surface area contributed by atoms with Gasteiger partial charge in [-0.15, -0.1) is 0 Å². The molecule has 0 N–H and O–H groups in total. The minimum absolute atomic E-state index is 0.552. The number of carbonyl (C=O) groups is 1. The second-order valence-corrected chi connectivity index (χ2v) is 8.74. The number of rotatable bonds is 5. The molecule has 6 atom stereocenters. The van der Waals surface area contributed by atoms with Crippen LogP contribution in [-0.4, -0.2) is 48.3 Å². The van der Waals surface area contributed by atoms with Gasteiger partial charge in [0.05, 0.1) is 0 Å². The molecular weight excluding hydrogens is 378 g/mol. The maximum absolute atomic E-state index is 13.6. The molecule has 0 aromatic rings. The van der Waals surface area contributed by atoms with Gasteiger partial charge in [0.15, 0.2) is 11.4 Å². The maximum Gasteiger partial charge on any atom is 0.415 e. The Morgan fingerprint density at radius 2 is 1.96 bits per heavy atom. The van der Waals surface area contributed by atoms with Gasteiger partial charge in [-0.1, -0.05) is 6.92 Å². The SMILES string of the molecule is CC1C2(C)OC3C(C2OC(=O)C(F)(F)SOO[O-])S(=O)(=O)OC31C. The van der Waals surface area contributed by atoms with Crippen LogP contribution in [0.2, 0.25) is 0 Å². The van der Waals surface area contributed by atoms with Gasteiger partial charge in [0, 0.05) is 5.92 Å². The van der Waals surface area contributed by atoms with Gasteiger partial charge in [0.1, 0.15) is 29.3 Å². The lowest BCUT2D eigenvalue weighted by Gasteiger charge is -2.38. The quantitative estimate of drug-likeness (QED) is 0.202. The number of alkyl halides is 2. The fraction of sp³-hybridized carbons (Fsp3) is 0.909. The number of halogens is 2. The molecule has 3 aliphatic heterocycles. The first-order chi connectivity index (χ1) is 10.9. The summed E-state index contributed by atoms with van der Waals surface area (Å²) in [6, 6.07) is 0. The zero-order chi connectivity index (χ0) is 18.1. The summed E-state index contributed by atoms with van der Waals surface area (Å²) in [4.78, 5) is 11.7. The highest BCUT2D eigenvalue weighted by atomic mass is 32.2. The molecule has 3 saturated heterocycles. The Morgan fingerprint density at radius 3 is 2.54 bits per heavy atom. The van der Waals surface area contributed by atoms with E-state index in [-0.39, 0.29) is 0 Å². The van der Waals surface area contributed by atoms with Crippen LogP contribution in [0.15, 0.2) is 0 Å². The molecule has 24 heavy (non-hydrogen) atoms. The van der Waals surface area contributed by atoms with Gasteiger partial charge in [0.2, 0.25) is 0 Å². The fourth-order valence-electron chi connectivity index (χ4n) is 3.69. The Kier molecular flexibility index (Phi) is 3.96. The standard InChI is InChI=1S/C11H14F2O9S2/c1-4-9(2)6(18-8(14)11(12,13)23-22-21-15)5-7(19-9)10(4,3)20-24(5,16)17/h4-7,15H,1-3H3/p-1. The van der Waals surface area contributed by atoms with Gasteiger partial charge in [-0.25, -0.2) is 4.79 Å². The second kappa shape index (κ2) is 5.22. The molecule has 3 fully saturated rings. The lowest BCUT2D eigenvalue weighted by Crippen LogP contribution is -2.57. The summed E-state index contributed by atoms with van der Waals surface area (Å²) in [6.07, 6.45) is -2.44. The van der Waals surface area contributed by atoms with Crippen LogP contribution in [0.3, 0.4) is 0 Å². The first-order valence-corrected chi connectivity index (χ1v) is 8.97. The Bertz CT molecular complexity index is 670. The molecule has 0 aromatic carbocycles. The van der Waals surface area contributed by atoms with Crippen molar-refractivity contribution in [2.24, 2.45) is 5.92 Å². The molecule has 3 heterocycles. The summed E-state index contributed by atoms with van der Waals surface area (Å²) in [7, 11) is -4.18. The average Bonchev–Trinajstić information content (AvgIpc) is 2.93. The molecule has 13 heteroatoms. The lowest BCUT2D eigenvalue weighted by atomic mass is 9.70. The Morgan fingerprint density at radius 1 is 1.33 bits per heavy atom. The van der Waals surface area contributed by atoms with Crippen molar-refractivity contribution < 1.29 is 50.3 Å². The lowest BCUT2D eigenvalue weighted by molar-refractivity contribution is -0.777. The van der Waals surface area contributed by atoms with Crippen LogP contribution < -0.4 is 5.26 Å². The number of carbonyl (C=O) groups excluding carboxylic acids is 1. The highest BCUT2D eigenvalue weighted by molar-refractivity contribution is 7.96. The van der Waals surface area contributed by atoms with E-state index in [0.717, 1.165) is 0 Å². The van der Waals surface area contributed by atoms with Crippen LogP contribution in [-0.2, 0) is 37.9 Å². The van der Waals surface area contributed by atoms with Crippen molar-refractivity contribution in [3.8, 4) is 0 Å². The third kappa shape index (κ3) is 2.22. The van der Waals surface area contributed by atoms with Crippen molar-refractivity contribution in [1.29, 1.82) is 0 Å². The maximum atomic E-state index is 13.6. The number of hydrogen-bond acceptors (Lipinski definition) is 10. The zero-order valence-corrected chi connectivity index (χ0v) is 14.2. The van der Waals surface area contributed by atoms with Crippen molar-refractivity contribution in [1.82, 2.24) is 0 Å². The average molecular weight is 391 g/mol. The summed E-state index contributed by atoms with van der Waals surface area (Å²) < 4.78 is 70.5. The van der Waals surface area contributed by atoms with E-state index in [0.29, 0.717) is 0 Å². The van der Waals surface area contributed by atoms with E-state index in [1.165, 1.54) is 6.92 Å². The van der Waals surface area contributed by atoms with Crippen molar-refractivity contribution in [2.75, 3.05) is 0 Å². The van der Waals surface area contributed by atoms with Gasteiger partial charge in [-0.3, -0.25) is 9.22 Å². The Labute approximate surface area is 139 Å². The van der Waals surface area contributed by atoms with E-state index in [2.05, 4.69) is 9.37 Å². The second-order valence-electron chi connectivity index (χ2n) is 6.23. The molecule has 0 spiro atoms. The number of esters is 1. The molecule has 0 amide bonds. The van der Waals surface area contributed by atoms with Gasteiger partial charge in [-0.2, -0.15) is 21.5 Å². The molecule has 2 bridgehead atoms. The van der Waals surface area contributed by atoms with Crippen molar-refractivity contribution in [3.05, 3.63) is 0 Å². The first kappa shape index (κ1) is 18.2. The molecule has 3 rings (SSSR count). The minimum Gasteiger partial charge on any atom is -0.691 e. The molecular formula is C11H13F2O9S2-. The van der Waals surface area contributed by atoms with Gasteiger partial charge in [-0.05, 0) is 13.8 Å². The summed E-state index contributed by atoms with van der Waals surface area (Å²) in [5, 5.41) is 6.69. The van der Waals surface area contributed by atoms with E-state index >= 15 is 0 Å². The minimum atomic E-state index is -4.28. The number of hydrogen-bond donors (Lipinski definition) is 0. The van der Waals surface area contributed by atoms with Gasteiger partial charge >= 0.3 is 11.2 Å². The molecule has 0 saturated carbocycles. The summed E-state index contributed by atoms with van der Waals surface area (Å²) in [5.41, 5.74) is -2.47. The molecule has 0 aliphatic carbocycles. The fourth-order valence-corrected chi connectivity index (χ4v) is 6.02. The van der Waals surface area contributed by atoms with E-state index in [4.69, 9.17) is 13.7 Å². The normalized spacial score (nSPS) is 45.6. The van der Waals surface area contributed by atoms with Crippen LogP contribution in [0.25, 0.3) is 0 Å². The van der Waals surface area contributed by atoms with Crippen molar-refractivity contribution in [3.63, 3.8) is 0 Å². The smallest absolute Gasteiger partial charge is 0.415 e. The molecule has 0 radical (unpaired) electrons. The highest BCUT2D eigenvalue weighted by Crippen LogP contribution is 2.62. The number of fused-ring (bicyclic) bond motifs is 1. The van der Waals surface area contributed by atoms with E-state index < -0.39 is 68.0 Å². The molecule has 3 aliphatic rings. The topological polar surface area (TPSA) is 120 Å². The Hall–Kier alpha value is -0.570. The number of ether oxygens (including phenoxy) is 2. The van der Waals surface area contributed by atoms with Crippen LogP contribution in [0.5, 0.6) is 0 Å². The van der Waals surface area contributed by atoms with E-state index in [1.807, 2.05) is 0 Å². The molecule has 9 nitrogen and oxygen atoms in total. The van der Waals surface area contributed by atoms with Crippen LogP contribution >= 0.6 is 12.0 Å². The predicted molar refractivity (Wildman–Crippen MR) is 69.2 cm³/mol. The molecule has 6 unspecified atom stereocenters. The molecule has 0 aromatic heterocycles. The van der Waals surface area contributed by atoms with E-state index in [1.54, 1.807) is 13.8 Å². The molecule has 138 valence electrons. The van der Waals surface area contributed by atoms with Crippen molar-refractivity contribution in [2.45, 2.75) is 54.7 Å². The van der Waals surface area contributed by atoms with E-state index in [9.17, 15) is 27.3 Å². The van der Waals surface area contributed by atoms with Gasteiger partial charge in [0.25, 0.3) is 10.1 Å². The third-order valence-electron chi connectivity index (χ3n) is 5.09.